The van der Waals surface area contributed by atoms with Gasteiger partial charge >= 0.3 is 0 Å². The summed E-state index contributed by atoms with van der Waals surface area (Å²) < 4.78 is 10.9. The molecule has 0 bridgehead atoms. The molecule has 2 aliphatic rings. The van der Waals surface area contributed by atoms with Gasteiger partial charge in [-0.25, -0.2) is 4.98 Å². The van der Waals surface area contributed by atoms with Crippen molar-refractivity contribution in [1.29, 1.82) is 0 Å². The zero-order valence-electron chi connectivity index (χ0n) is 13.9. The lowest BCUT2D eigenvalue weighted by molar-refractivity contribution is -0.0210. The number of benzene rings is 1. The van der Waals surface area contributed by atoms with Crippen LogP contribution in [0.25, 0.3) is 0 Å². The monoisotopic (exact) mass is 339 g/mol. The Balaban J connectivity index is 1.31. The van der Waals surface area contributed by atoms with Gasteiger partial charge in [0.1, 0.15) is 6.61 Å². The fourth-order valence-corrected chi connectivity index (χ4v) is 2.95. The average Bonchev–Trinajstić information content (AvgIpc) is 2.58. The summed E-state index contributed by atoms with van der Waals surface area (Å²) in [7, 11) is 0. The molecule has 1 amide bonds. The summed E-state index contributed by atoms with van der Waals surface area (Å²) in [5.41, 5.74) is 1.68. The summed E-state index contributed by atoms with van der Waals surface area (Å²) in [6.07, 6.45) is 1.62. The van der Waals surface area contributed by atoms with Crippen LogP contribution in [-0.2, 0) is 11.3 Å². The minimum Gasteiger partial charge on any atom is -0.473 e. The van der Waals surface area contributed by atoms with E-state index in [-0.39, 0.29) is 5.91 Å². The second kappa shape index (κ2) is 7.21. The Morgan fingerprint density at radius 1 is 1.20 bits per heavy atom. The van der Waals surface area contributed by atoms with Crippen LogP contribution in [0.3, 0.4) is 0 Å². The summed E-state index contributed by atoms with van der Waals surface area (Å²) in [4.78, 5) is 18.6. The van der Waals surface area contributed by atoms with E-state index < -0.39 is 0 Å². The molecular formula is C19H21N3O3. The molecule has 0 atom stereocenters. The number of amides is 1. The first kappa shape index (κ1) is 16.1. The number of likely N-dealkylation sites (tertiary alicyclic amines) is 1. The summed E-state index contributed by atoms with van der Waals surface area (Å²) in [5.74, 6) is 0.492. The van der Waals surface area contributed by atoms with Crippen LogP contribution in [0.5, 0.6) is 5.88 Å². The van der Waals surface area contributed by atoms with Crippen molar-refractivity contribution in [1.82, 2.24) is 15.2 Å². The van der Waals surface area contributed by atoms with Crippen LogP contribution in [0.4, 0.5) is 0 Å². The van der Waals surface area contributed by atoms with Crippen molar-refractivity contribution < 1.29 is 14.3 Å². The number of carbonyl (C=O) groups is 1. The van der Waals surface area contributed by atoms with Crippen molar-refractivity contribution in [2.45, 2.75) is 18.7 Å². The molecule has 4 rings (SSSR count). The van der Waals surface area contributed by atoms with E-state index in [0.29, 0.717) is 30.1 Å². The lowest BCUT2D eigenvalue weighted by atomic mass is 10.1. The maximum absolute atomic E-state index is 12.6. The van der Waals surface area contributed by atoms with Gasteiger partial charge in [0.05, 0.1) is 19.3 Å². The van der Waals surface area contributed by atoms with Crippen molar-refractivity contribution in [2.24, 2.45) is 0 Å². The Morgan fingerprint density at radius 2 is 2.00 bits per heavy atom. The third-order valence-electron chi connectivity index (χ3n) is 4.49. The summed E-state index contributed by atoms with van der Waals surface area (Å²) in [5, 5.41) is 3.48. The molecule has 130 valence electrons. The van der Waals surface area contributed by atoms with E-state index in [2.05, 4.69) is 10.3 Å². The van der Waals surface area contributed by atoms with E-state index in [0.717, 1.165) is 31.9 Å². The average molecular weight is 339 g/mol. The highest BCUT2D eigenvalue weighted by atomic mass is 16.5. The van der Waals surface area contributed by atoms with E-state index in [1.807, 2.05) is 35.2 Å². The van der Waals surface area contributed by atoms with Gasteiger partial charge in [-0.2, -0.15) is 0 Å². The predicted molar refractivity (Wildman–Crippen MR) is 92.4 cm³/mol. The Kier molecular flexibility index (Phi) is 4.63. The van der Waals surface area contributed by atoms with Crippen LogP contribution in [-0.4, -0.2) is 54.2 Å². The van der Waals surface area contributed by atoms with Crippen LogP contribution in [0.15, 0.2) is 48.7 Å². The molecule has 6 nitrogen and oxygen atoms in total. The number of hydrogen-bond donors (Lipinski definition) is 1. The van der Waals surface area contributed by atoms with Crippen molar-refractivity contribution >= 4 is 5.91 Å². The number of ether oxygens (including phenoxy) is 2. The molecule has 0 saturated carbocycles. The number of rotatable bonds is 6. The fraction of sp³-hybridized carbons (Fsp3) is 0.368. The van der Waals surface area contributed by atoms with Gasteiger partial charge in [0.25, 0.3) is 5.91 Å². The van der Waals surface area contributed by atoms with E-state index in [1.165, 1.54) is 0 Å². The standard InChI is InChI=1S/C19H21N3O3/c23-19(22-9-16(10-22)21-17-12-24-13-17)15-6-7-20-18(8-15)25-11-14-4-2-1-3-5-14/h1-8,16-17,21H,9-13H2. The molecule has 6 heteroatoms. The maximum Gasteiger partial charge on any atom is 0.254 e. The molecule has 0 radical (unpaired) electrons. The van der Waals surface area contributed by atoms with Gasteiger partial charge in [0.2, 0.25) is 5.88 Å². The topological polar surface area (TPSA) is 63.7 Å². The predicted octanol–water partition coefficient (Wildman–Crippen LogP) is 1.47. The number of nitrogens with one attached hydrogen (secondary N) is 1. The zero-order valence-corrected chi connectivity index (χ0v) is 13.9. The quantitative estimate of drug-likeness (QED) is 0.864. The van der Waals surface area contributed by atoms with Crippen LogP contribution >= 0.6 is 0 Å². The first-order chi connectivity index (χ1) is 12.3. The molecule has 25 heavy (non-hydrogen) atoms. The van der Waals surface area contributed by atoms with Crippen molar-refractivity contribution in [3.63, 3.8) is 0 Å². The molecule has 2 aromatic rings. The first-order valence-corrected chi connectivity index (χ1v) is 8.54. The van der Waals surface area contributed by atoms with Crippen LogP contribution in [0, 0.1) is 0 Å². The van der Waals surface area contributed by atoms with Gasteiger partial charge in [-0.3, -0.25) is 4.79 Å². The second-order valence-corrected chi connectivity index (χ2v) is 6.47. The minimum atomic E-state index is 0.0230. The van der Waals surface area contributed by atoms with E-state index in [1.54, 1.807) is 18.3 Å². The van der Waals surface area contributed by atoms with Crippen LogP contribution in [0.2, 0.25) is 0 Å². The largest absolute Gasteiger partial charge is 0.473 e. The molecule has 0 unspecified atom stereocenters. The zero-order chi connectivity index (χ0) is 17.1. The van der Waals surface area contributed by atoms with Gasteiger partial charge in [-0.1, -0.05) is 30.3 Å². The number of carbonyl (C=O) groups excluding carboxylic acids is 1. The third-order valence-corrected chi connectivity index (χ3v) is 4.49. The lowest BCUT2D eigenvalue weighted by Crippen LogP contribution is -2.64. The Labute approximate surface area is 146 Å². The SMILES string of the molecule is O=C(c1ccnc(OCc2ccccc2)c1)N1CC(NC2COC2)C1. The summed E-state index contributed by atoms with van der Waals surface area (Å²) >= 11 is 0. The highest BCUT2D eigenvalue weighted by Crippen LogP contribution is 2.18. The number of pyridine rings is 1. The van der Waals surface area contributed by atoms with Crippen molar-refractivity contribution in [3.05, 3.63) is 59.8 Å². The smallest absolute Gasteiger partial charge is 0.254 e. The van der Waals surface area contributed by atoms with Crippen LogP contribution in [0.1, 0.15) is 15.9 Å². The molecule has 1 N–H and O–H groups in total. The minimum absolute atomic E-state index is 0.0230. The molecule has 2 saturated heterocycles. The molecule has 2 fully saturated rings. The highest BCUT2D eigenvalue weighted by molar-refractivity contribution is 5.95. The van der Waals surface area contributed by atoms with Gasteiger partial charge in [0, 0.05) is 37.0 Å². The highest BCUT2D eigenvalue weighted by Gasteiger charge is 2.34. The molecular weight excluding hydrogens is 318 g/mol. The third kappa shape index (κ3) is 3.81. The van der Waals surface area contributed by atoms with E-state index >= 15 is 0 Å². The van der Waals surface area contributed by atoms with E-state index in [4.69, 9.17) is 9.47 Å². The molecule has 2 aliphatic heterocycles. The molecule has 1 aromatic heterocycles. The number of hydrogen-bond acceptors (Lipinski definition) is 5. The molecule has 0 aliphatic carbocycles. The summed E-state index contributed by atoms with van der Waals surface area (Å²) in [6.45, 7) is 3.45. The molecule has 1 aromatic carbocycles. The maximum atomic E-state index is 12.6. The van der Waals surface area contributed by atoms with Crippen molar-refractivity contribution in [3.8, 4) is 5.88 Å². The van der Waals surface area contributed by atoms with Crippen LogP contribution < -0.4 is 10.1 Å². The Hall–Kier alpha value is -2.44. The summed E-state index contributed by atoms with van der Waals surface area (Å²) in [6, 6.07) is 14.2. The molecule has 3 heterocycles. The van der Waals surface area contributed by atoms with Gasteiger partial charge in [-0.15, -0.1) is 0 Å². The Morgan fingerprint density at radius 3 is 2.72 bits per heavy atom. The molecule has 0 spiro atoms. The van der Waals surface area contributed by atoms with Gasteiger partial charge in [0.15, 0.2) is 0 Å². The van der Waals surface area contributed by atoms with Gasteiger partial charge < -0.3 is 19.7 Å². The Bertz CT molecular complexity index is 728. The first-order valence-electron chi connectivity index (χ1n) is 8.54. The number of aromatic nitrogens is 1. The van der Waals surface area contributed by atoms with Crippen molar-refractivity contribution in [2.75, 3.05) is 26.3 Å². The normalized spacial score (nSPS) is 17.7. The number of nitrogens with zero attached hydrogens (tertiary/aromatic N) is 2. The van der Waals surface area contributed by atoms with E-state index in [9.17, 15) is 4.79 Å². The van der Waals surface area contributed by atoms with Gasteiger partial charge in [-0.05, 0) is 11.6 Å². The fourth-order valence-electron chi connectivity index (χ4n) is 2.95. The lowest BCUT2D eigenvalue weighted by Gasteiger charge is -2.43. The second-order valence-electron chi connectivity index (χ2n) is 6.47.